The van der Waals surface area contributed by atoms with Crippen molar-refractivity contribution in [1.82, 2.24) is 9.47 Å². The van der Waals surface area contributed by atoms with Crippen LogP contribution < -0.4 is 0 Å². The van der Waals surface area contributed by atoms with Gasteiger partial charge in [-0.15, -0.1) is 0 Å². The lowest BCUT2D eigenvalue weighted by Crippen LogP contribution is -2.27. The van der Waals surface area contributed by atoms with E-state index in [9.17, 15) is 13.2 Å². The molecule has 4 aromatic rings. The zero-order valence-electron chi connectivity index (χ0n) is 19.6. The van der Waals surface area contributed by atoms with Crippen LogP contribution in [0, 0.1) is 6.92 Å². The molecule has 0 unspecified atom stereocenters. The number of benzene rings is 3. The van der Waals surface area contributed by atoms with Crippen LogP contribution in [0.4, 0.5) is 0 Å². The Morgan fingerprint density at radius 2 is 1.47 bits per heavy atom. The highest BCUT2D eigenvalue weighted by molar-refractivity contribution is 7.90. The summed E-state index contributed by atoms with van der Waals surface area (Å²) in [6.45, 7) is 2.57. The van der Waals surface area contributed by atoms with E-state index in [1.165, 1.54) is 6.26 Å². The largest absolute Gasteiger partial charge is 0.341 e. The number of amides is 1. The molecule has 5 nitrogen and oxygen atoms in total. The third kappa shape index (κ3) is 5.13. The maximum atomic E-state index is 13.1. The molecular formula is C28H28N2O3S. The second-order valence-corrected chi connectivity index (χ2v) is 10.5. The summed E-state index contributed by atoms with van der Waals surface area (Å²) in [4.78, 5) is 15.1. The summed E-state index contributed by atoms with van der Waals surface area (Å²) in [6, 6.07) is 28.8. The molecule has 0 fully saturated rings. The minimum absolute atomic E-state index is 0.0381. The number of sulfone groups is 1. The van der Waals surface area contributed by atoms with Crippen LogP contribution >= 0.6 is 0 Å². The molecular weight excluding hydrogens is 444 g/mol. The van der Waals surface area contributed by atoms with E-state index in [1.54, 1.807) is 17.0 Å². The maximum Gasteiger partial charge on any atom is 0.227 e. The van der Waals surface area contributed by atoms with E-state index in [2.05, 4.69) is 4.57 Å². The molecule has 0 saturated carbocycles. The minimum Gasteiger partial charge on any atom is -0.341 e. The number of nitrogens with zero attached hydrogens (tertiary/aromatic N) is 2. The highest BCUT2D eigenvalue weighted by Crippen LogP contribution is 2.31. The number of carbonyl (C=O) groups is 1. The second-order valence-electron chi connectivity index (χ2n) is 8.52. The van der Waals surface area contributed by atoms with Gasteiger partial charge in [-0.25, -0.2) is 8.42 Å². The van der Waals surface area contributed by atoms with Crippen molar-refractivity contribution >= 4 is 15.7 Å². The lowest BCUT2D eigenvalue weighted by Gasteiger charge is -2.17. The lowest BCUT2D eigenvalue weighted by atomic mass is 10.1. The third-order valence-electron chi connectivity index (χ3n) is 5.97. The zero-order chi connectivity index (χ0) is 24.3. The first-order valence-electron chi connectivity index (χ1n) is 11.1. The van der Waals surface area contributed by atoms with Gasteiger partial charge < -0.3 is 9.47 Å². The van der Waals surface area contributed by atoms with Gasteiger partial charge in [-0.3, -0.25) is 4.79 Å². The normalized spacial score (nSPS) is 11.4. The molecule has 1 heterocycles. The van der Waals surface area contributed by atoms with Crippen molar-refractivity contribution in [3.8, 4) is 16.9 Å². The highest BCUT2D eigenvalue weighted by atomic mass is 32.2. The van der Waals surface area contributed by atoms with Gasteiger partial charge in [0.05, 0.1) is 17.0 Å². The molecule has 34 heavy (non-hydrogen) atoms. The van der Waals surface area contributed by atoms with E-state index in [4.69, 9.17) is 0 Å². The molecule has 0 saturated heterocycles. The number of para-hydroxylation sites is 1. The van der Waals surface area contributed by atoms with E-state index in [-0.39, 0.29) is 17.2 Å². The maximum absolute atomic E-state index is 13.1. The molecule has 4 rings (SSSR count). The summed E-state index contributed by atoms with van der Waals surface area (Å²) in [5.41, 5.74) is 5.79. The molecule has 0 radical (unpaired) electrons. The van der Waals surface area contributed by atoms with Gasteiger partial charge in [-0.2, -0.15) is 0 Å². The van der Waals surface area contributed by atoms with E-state index in [0.29, 0.717) is 6.54 Å². The first kappa shape index (κ1) is 23.5. The Bertz CT molecular complexity index is 1390. The van der Waals surface area contributed by atoms with Gasteiger partial charge in [-0.1, -0.05) is 60.7 Å². The Morgan fingerprint density at radius 1 is 0.882 bits per heavy atom. The van der Waals surface area contributed by atoms with Crippen LogP contribution in [0.25, 0.3) is 16.9 Å². The van der Waals surface area contributed by atoms with E-state index < -0.39 is 9.84 Å². The van der Waals surface area contributed by atoms with Crippen molar-refractivity contribution in [3.05, 3.63) is 108 Å². The Balaban J connectivity index is 1.69. The topological polar surface area (TPSA) is 59.4 Å². The van der Waals surface area contributed by atoms with Crippen LogP contribution in [0.5, 0.6) is 0 Å². The molecule has 0 bridgehead atoms. The first-order valence-corrected chi connectivity index (χ1v) is 13.0. The van der Waals surface area contributed by atoms with Crippen LogP contribution in [0.15, 0.2) is 95.9 Å². The van der Waals surface area contributed by atoms with Crippen LogP contribution in [0.3, 0.4) is 0 Å². The molecule has 0 aliphatic carbocycles. The number of carbonyl (C=O) groups excluding carboxylic acids is 1. The van der Waals surface area contributed by atoms with Gasteiger partial charge in [0, 0.05) is 31.2 Å². The van der Waals surface area contributed by atoms with Crippen molar-refractivity contribution in [3.63, 3.8) is 0 Å². The van der Waals surface area contributed by atoms with E-state index in [1.807, 2.05) is 92.8 Å². The van der Waals surface area contributed by atoms with Gasteiger partial charge in [0.25, 0.3) is 0 Å². The summed E-state index contributed by atoms with van der Waals surface area (Å²) >= 11 is 0. The van der Waals surface area contributed by atoms with Gasteiger partial charge in [0.2, 0.25) is 5.91 Å². The lowest BCUT2D eigenvalue weighted by molar-refractivity contribution is -0.129. The van der Waals surface area contributed by atoms with Crippen molar-refractivity contribution in [1.29, 1.82) is 0 Å². The Labute approximate surface area is 201 Å². The Kier molecular flexibility index (Phi) is 6.70. The fourth-order valence-corrected chi connectivity index (χ4v) is 4.71. The summed E-state index contributed by atoms with van der Waals surface area (Å²) in [7, 11) is -1.45. The Morgan fingerprint density at radius 3 is 2.06 bits per heavy atom. The SMILES string of the molecule is Cc1c(CC(=O)N(C)Cc2ccccc2)cc(-c2ccc(S(C)(=O)=O)cc2)n1-c1ccccc1. The van der Waals surface area contributed by atoms with Gasteiger partial charge >= 0.3 is 0 Å². The number of rotatable bonds is 7. The number of hydrogen-bond acceptors (Lipinski definition) is 3. The standard InChI is InChI=1S/C28H28N2O3S/c1-21-24(19-28(31)29(2)20-22-10-6-4-7-11-22)18-27(30(21)25-12-8-5-9-13-25)23-14-16-26(17-15-23)34(3,32)33/h4-18H,19-20H2,1-3H3. The number of aromatic nitrogens is 1. The molecule has 1 amide bonds. The average Bonchev–Trinajstić information content (AvgIpc) is 3.15. The van der Waals surface area contributed by atoms with E-state index >= 15 is 0 Å². The summed E-state index contributed by atoms with van der Waals surface area (Å²) in [6.07, 6.45) is 1.48. The van der Waals surface area contributed by atoms with E-state index in [0.717, 1.165) is 33.8 Å². The summed E-state index contributed by atoms with van der Waals surface area (Å²) in [5, 5.41) is 0. The van der Waals surface area contributed by atoms with Gasteiger partial charge in [-0.05, 0) is 53.9 Å². The van der Waals surface area contributed by atoms with Crippen molar-refractivity contribution in [2.24, 2.45) is 0 Å². The summed E-state index contributed by atoms with van der Waals surface area (Å²) in [5.74, 6) is 0.0381. The fourth-order valence-electron chi connectivity index (χ4n) is 4.08. The number of likely N-dealkylation sites (N-methyl/N-ethyl adjacent to an activating group) is 1. The fraction of sp³-hybridized carbons (Fsp3) is 0.179. The van der Waals surface area contributed by atoms with Crippen LogP contribution in [0.2, 0.25) is 0 Å². The monoisotopic (exact) mass is 472 g/mol. The minimum atomic E-state index is -3.28. The van der Waals surface area contributed by atoms with Crippen molar-refractivity contribution in [2.45, 2.75) is 24.8 Å². The molecule has 0 N–H and O–H groups in total. The predicted octanol–water partition coefficient (Wildman–Crippen LogP) is 5.06. The van der Waals surface area contributed by atoms with Crippen molar-refractivity contribution in [2.75, 3.05) is 13.3 Å². The molecule has 0 aliphatic rings. The molecule has 6 heteroatoms. The highest BCUT2D eigenvalue weighted by Gasteiger charge is 2.19. The van der Waals surface area contributed by atoms with Gasteiger partial charge in [0.1, 0.15) is 0 Å². The average molecular weight is 473 g/mol. The molecule has 174 valence electrons. The van der Waals surface area contributed by atoms with Gasteiger partial charge in [0.15, 0.2) is 9.84 Å². The molecule has 1 aromatic heterocycles. The van der Waals surface area contributed by atoms with Crippen LogP contribution in [-0.4, -0.2) is 37.1 Å². The zero-order valence-corrected chi connectivity index (χ0v) is 20.4. The molecule has 0 aliphatic heterocycles. The summed E-state index contributed by atoms with van der Waals surface area (Å²) < 4.78 is 25.9. The predicted molar refractivity (Wildman–Crippen MR) is 136 cm³/mol. The molecule has 3 aromatic carbocycles. The molecule has 0 atom stereocenters. The quantitative estimate of drug-likeness (QED) is 0.378. The van der Waals surface area contributed by atoms with Crippen LogP contribution in [0.1, 0.15) is 16.8 Å². The van der Waals surface area contributed by atoms with Crippen LogP contribution in [-0.2, 0) is 27.6 Å². The number of hydrogen-bond donors (Lipinski definition) is 0. The Hall–Kier alpha value is -3.64. The third-order valence-corrected chi connectivity index (χ3v) is 7.10. The molecule has 0 spiro atoms. The van der Waals surface area contributed by atoms with Crippen molar-refractivity contribution < 1.29 is 13.2 Å². The smallest absolute Gasteiger partial charge is 0.227 e. The first-order chi connectivity index (χ1) is 16.2. The second kappa shape index (κ2) is 9.69.